The van der Waals surface area contributed by atoms with Crippen LogP contribution in [0.1, 0.15) is 34.1 Å². The fourth-order valence-electron chi connectivity index (χ4n) is 2.10. The second kappa shape index (κ2) is 9.22. The monoisotopic (exact) mass is 406 g/mol. The van der Waals surface area contributed by atoms with Crippen LogP contribution in [0.2, 0.25) is 0 Å². The normalized spacial score (nSPS) is 10.2. The SMILES string of the molecule is CCCOc1c(Br)cc(C(=O)OCC(=O)c2ccccc2)cc1OC. The van der Waals surface area contributed by atoms with Gasteiger partial charge in [-0.1, -0.05) is 37.3 Å². The number of ketones is 1. The van der Waals surface area contributed by atoms with Gasteiger partial charge in [-0.3, -0.25) is 4.79 Å². The van der Waals surface area contributed by atoms with Crippen LogP contribution in [0, 0.1) is 0 Å². The van der Waals surface area contributed by atoms with E-state index in [1.54, 1.807) is 30.3 Å². The van der Waals surface area contributed by atoms with E-state index in [0.29, 0.717) is 28.1 Å². The van der Waals surface area contributed by atoms with Crippen LogP contribution in [0.4, 0.5) is 0 Å². The molecule has 0 aliphatic carbocycles. The molecular weight excluding hydrogens is 388 g/mol. The maximum atomic E-state index is 12.2. The number of Topliss-reactive ketones (excluding diaryl/α,β-unsaturated/α-hetero) is 1. The van der Waals surface area contributed by atoms with Crippen molar-refractivity contribution in [2.45, 2.75) is 13.3 Å². The molecule has 0 saturated carbocycles. The Bertz CT molecular complexity index is 743. The second-order valence-electron chi connectivity index (χ2n) is 5.20. The fraction of sp³-hybridized carbons (Fsp3) is 0.263. The molecular formula is C19H19BrO5. The maximum Gasteiger partial charge on any atom is 0.338 e. The van der Waals surface area contributed by atoms with Gasteiger partial charge in [0.2, 0.25) is 0 Å². The molecule has 25 heavy (non-hydrogen) atoms. The molecule has 0 fully saturated rings. The van der Waals surface area contributed by atoms with Gasteiger partial charge in [-0.05, 0) is 34.5 Å². The highest BCUT2D eigenvalue weighted by Gasteiger charge is 2.17. The number of rotatable bonds is 8. The molecule has 0 aromatic heterocycles. The zero-order valence-electron chi connectivity index (χ0n) is 14.1. The summed E-state index contributed by atoms with van der Waals surface area (Å²) in [5.74, 6) is 0.0821. The van der Waals surface area contributed by atoms with Crippen molar-refractivity contribution in [3.8, 4) is 11.5 Å². The predicted molar refractivity (Wildman–Crippen MR) is 97.5 cm³/mol. The van der Waals surface area contributed by atoms with Gasteiger partial charge in [0.25, 0.3) is 0 Å². The summed E-state index contributed by atoms with van der Waals surface area (Å²) in [4.78, 5) is 24.2. The highest BCUT2D eigenvalue weighted by atomic mass is 79.9. The Kier molecular flexibility index (Phi) is 7.01. The third-order valence-electron chi connectivity index (χ3n) is 3.35. The summed E-state index contributed by atoms with van der Waals surface area (Å²) in [6.07, 6.45) is 0.848. The summed E-state index contributed by atoms with van der Waals surface area (Å²) in [6.45, 7) is 2.21. The molecule has 0 aliphatic heterocycles. The highest BCUT2D eigenvalue weighted by molar-refractivity contribution is 9.10. The van der Waals surface area contributed by atoms with E-state index in [1.807, 2.05) is 13.0 Å². The number of hydrogen-bond acceptors (Lipinski definition) is 5. The van der Waals surface area contributed by atoms with Crippen LogP contribution in [0.15, 0.2) is 46.9 Å². The molecule has 0 amide bonds. The molecule has 0 unspecified atom stereocenters. The van der Waals surface area contributed by atoms with Gasteiger partial charge in [0, 0.05) is 5.56 Å². The first-order valence-corrected chi connectivity index (χ1v) is 8.61. The maximum absolute atomic E-state index is 12.2. The quantitative estimate of drug-likeness (QED) is 0.483. The van der Waals surface area contributed by atoms with Gasteiger partial charge < -0.3 is 14.2 Å². The molecule has 0 aliphatic rings. The zero-order valence-corrected chi connectivity index (χ0v) is 15.7. The third-order valence-corrected chi connectivity index (χ3v) is 3.93. The van der Waals surface area contributed by atoms with Crippen molar-refractivity contribution in [1.82, 2.24) is 0 Å². The van der Waals surface area contributed by atoms with Crippen LogP contribution in [-0.2, 0) is 4.74 Å². The van der Waals surface area contributed by atoms with Crippen LogP contribution in [0.25, 0.3) is 0 Å². The summed E-state index contributed by atoms with van der Waals surface area (Å²) >= 11 is 3.37. The fourth-order valence-corrected chi connectivity index (χ4v) is 2.66. The lowest BCUT2D eigenvalue weighted by atomic mass is 10.1. The van der Waals surface area contributed by atoms with E-state index in [2.05, 4.69) is 15.9 Å². The molecule has 0 radical (unpaired) electrons. The van der Waals surface area contributed by atoms with E-state index >= 15 is 0 Å². The van der Waals surface area contributed by atoms with Gasteiger partial charge in [-0.25, -0.2) is 4.79 Å². The van der Waals surface area contributed by atoms with Crippen molar-refractivity contribution in [2.75, 3.05) is 20.3 Å². The van der Waals surface area contributed by atoms with Gasteiger partial charge in [-0.15, -0.1) is 0 Å². The van der Waals surface area contributed by atoms with Gasteiger partial charge >= 0.3 is 5.97 Å². The number of halogens is 1. The van der Waals surface area contributed by atoms with Crippen LogP contribution >= 0.6 is 15.9 Å². The first-order valence-electron chi connectivity index (χ1n) is 7.82. The van der Waals surface area contributed by atoms with Gasteiger partial charge in [0.05, 0.1) is 23.8 Å². The number of carbonyl (C=O) groups excluding carboxylic acids is 2. The van der Waals surface area contributed by atoms with Crippen molar-refractivity contribution in [1.29, 1.82) is 0 Å². The van der Waals surface area contributed by atoms with E-state index in [-0.39, 0.29) is 18.0 Å². The number of carbonyl (C=O) groups is 2. The molecule has 2 rings (SSSR count). The minimum Gasteiger partial charge on any atom is -0.493 e. The Labute approximate surface area is 155 Å². The zero-order chi connectivity index (χ0) is 18.2. The van der Waals surface area contributed by atoms with Gasteiger partial charge in [-0.2, -0.15) is 0 Å². The first-order chi connectivity index (χ1) is 12.1. The predicted octanol–water partition coefficient (Wildman–Crippen LogP) is 4.29. The minimum atomic E-state index is -0.606. The van der Waals surface area contributed by atoms with Crippen molar-refractivity contribution in [3.05, 3.63) is 58.1 Å². The molecule has 0 bridgehead atoms. The summed E-state index contributed by atoms with van der Waals surface area (Å²) in [5.41, 5.74) is 0.769. The highest BCUT2D eigenvalue weighted by Crippen LogP contribution is 2.37. The average Bonchev–Trinajstić information content (AvgIpc) is 2.64. The van der Waals surface area contributed by atoms with E-state index in [0.717, 1.165) is 6.42 Å². The van der Waals surface area contributed by atoms with Crippen molar-refractivity contribution in [2.24, 2.45) is 0 Å². The molecule has 0 N–H and O–H groups in total. The molecule has 0 spiro atoms. The Morgan fingerprint density at radius 2 is 1.80 bits per heavy atom. The topological polar surface area (TPSA) is 61.8 Å². The largest absolute Gasteiger partial charge is 0.493 e. The summed E-state index contributed by atoms with van der Waals surface area (Å²) in [5, 5.41) is 0. The minimum absolute atomic E-state index is 0.261. The summed E-state index contributed by atoms with van der Waals surface area (Å²) in [6, 6.07) is 11.8. The summed E-state index contributed by atoms with van der Waals surface area (Å²) < 4.78 is 16.6. The number of ether oxygens (including phenoxy) is 3. The number of methoxy groups -OCH3 is 1. The Morgan fingerprint density at radius 3 is 2.44 bits per heavy atom. The van der Waals surface area contributed by atoms with Crippen molar-refractivity contribution >= 4 is 27.7 Å². The lowest BCUT2D eigenvalue weighted by Crippen LogP contribution is -2.14. The number of esters is 1. The lowest BCUT2D eigenvalue weighted by Gasteiger charge is -2.13. The molecule has 2 aromatic rings. The molecule has 2 aromatic carbocycles. The Morgan fingerprint density at radius 1 is 1.08 bits per heavy atom. The molecule has 132 valence electrons. The van der Waals surface area contributed by atoms with Gasteiger partial charge in [0.1, 0.15) is 0 Å². The van der Waals surface area contributed by atoms with Crippen molar-refractivity contribution in [3.63, 3.8) is 0 Å². The van der Waals surface area contributed by atoms with E-state index in [4.69, 9.17) is 14.2 Å². The van der Waals surface area contributed by atoms with E-state index in [1.165, 1.54) is 13.2 Å². The van der Waals surface area contributed by atoms with E-state index < -0.39 is 5.97 Å². The van der Waals surface area contributed by atoms with Gasteiger partial charge in [0.15, 0.2) is 23.9 Å². The number of benzene rings is 2. The number of hydrogen-bond donors (Lipinski definition) is 0. The molecule has 5 nitrogen and oxygen atoms in total. The lowest BCUT2D eigenvalue weighted by molar-refractivity contribution is 0.0474. The van der Waals surface area contributed by atoms with Crippen LogP contribution in [0.5, 0.6) is 11.5 Å². The first kappa shape index (κ1) is 19.0. The van der Waals surface area contributed by atoms with Crippen LogP contribution in [0.3, 0.4) is 0 Å². The molecule has 0 heterocycles. The summed E-state index contributed by atoms with van der Waals surface area (Å²) in [7, 11) is 1.49. The molecule has 0 atom stereocenters. The third kappa shape index (κ3) is 5.06. The van der Waals surface area contributed by atoms with Crippen molar-refractivity contribution < 1.29 is 23.8 Å². The van der Waals surface area contributed by atoms with Crippen LogP contribution < -0.4 is 9.47 Å². The molecule has 0 saturated heterocycles. The van der Waals surface area contributed by atoms with E-state index in [9.17, 15) is 9.59 Å². The average molecular weight is 407 g/mol. The molecule has 6 heteroatoms. The standard InChI is InChI=1S/C19H19BrO5/c1-3-9-24-18-15(20)10-14(11-17(18)23-2)19(22)25-12-16(21)13-7-5-4-6-8-13/h4-8,10-11H,3,9,12H2,1-2H3. The second-order valence-corrected chi connectivity index (χ2v) is 6.06. The van der Waals surface area contributed by atoms with Crippen LogP contribution in [-0.4, -0.2) is 32.1 Å². The Hall–Kier alpha value is -2.34. The Balaban J connectivity index is 2.08. The smallest absolute Gasteiger partial charge is 0.338 e.